The molecule has 7 heteroatoms. The minimum absolute atomic E-state index is 0.403. The summed E-state index contributed by atoms with van der Waals surface area (Å²) in [4.78, 5) is 34.0. The highest BCUT2D eigenvalue weighted by Gasteiger charge is 2.27. The van der Waals surface area contributed by atoms with Gasteiger partial charge in [-0.15, -0.1) is 0 Å². The fourth-order valence-electron chi connectivity index (χ4n) is 4.55. The highest BCUT2D eigenvalue weighted by atomic mass is 16.4. The molecule has 0 bridgehead atoms. The van der Waals surface area contributed by atoms with Gasteiger partial charge < -0.3 is 15.8 Å². The van der Waals surface area contributed by atoms with Gasteiger partial charge in [0.1, 0.15) is 6.21 Å². The number of carbonyl (C=O) groups is 3. The van der Waals surface area contributed by atoms with Gasteiger partial charge in [-0.2, -0.15) is 0 Å². The van der Waals surface area contributed by atoms with Crippen LogP contribution >= 0.6 is 0 Å². The van der Waals surface area contributed by atoms with Crippen molar-refractivity contribution in [1.82, 2.24) is 0 Å². The summed E-state index contributed by atoms with van der Waals surface area (Å²) < 4.78 is 0. The third kappa shape index (κ3) is 12.3. The van der Waals surface area contributed by atoms with Crippen molar-refractivity contribution in [3.63, 3.8) is 0 Å². The number of anilines is 2. The van der Waals surface area contributed by atoms with Gasteiger partial charge in [0.15, 0.2) is 0 Å². The average Bonchev–Trinajstić information content (AvgIpc) is 3.22. The number of carbonyl (C=O) groups excluding carboxylic acids is 3. The summed E-state index contributed by atoms with van der Waals surface area (Å²) >= 11 is 0. The first-order valence-electron chi connectivity index (χ1n) is 14.5. The number of unbranched alkanes of at least 4 members (excludes halogenated alkanes) is 10. The van der Waals surface area contributed by atoms with Crippen LogP contribution in [0.4, 0.5) is 11.4 Å². The van der Waals surface area contributed by atoms with Crippen molar-refractivity contribution in [2.24, 2.45) is 5.16 Å². The van der Waals surface area contributed by atoms with Crippen LogP contribution in [0.5, 0.6) is 0 Å². The maximum Gasteiger partial charge on any atom is 0.296 e. The Morgan fingerprint density at radius 1 is 0.795 bits per heavy atom. The molecule has 0 fully saturated rings. The van der Waals surface area contributed by atoms with Crippen molar-refractivity contribution in [3.8, 4) is 0 Å². The zero-order valence-electron chi connectivity index (χ0n) is 23.6. The monoisotopic (exact) mass is 535 g/mol. The molecule has 1 aliphatic rings. The second-order valence-electron chi connectivity index (χ2n) is 10.1. The van der Waals surface area contributed by atoms with Crippen molar-refractivity contribution in [2.75, 3.05) is 10.6 Å². The van der Waals surface area contributed by atoms with E-state index in [0.29, 0.717) is 16.9 Å². The Hall–Kier alpha value is -3.48. The summed E-state index contributed by atoms with van der Waals surface area (Å²) in [5, 5.41) is 16.1. The van der Waals surface area contributed by atoms with Gasteiger partial charge >= 0.3 is 0 Å². The molecule has 0 aromatic heterocycles. The Labute approximate surface area is 233 Å². The van der Waals surface area contributed by atoms with Gasteiger partial charge in [-0.3, -0.25) is 14.4 Å². The van der Waals surface area contributed by atoms with E-state index in [4.69, 9.17) is 5.21 Å². The third-order valence-electron chi connectivity index (χ3n) is 6.82. The first-order valence-corrected chi connectivity index (χ1v) is 14.5. The van der Waals surface area contributed by atoms with Gasteiger partial charge in [-0.25, -0.2) is 0 Å². The van der Waals surface area contributed by atoms with E-state index >= 15 is 0 Å². The number of oxime groups is 1. The molecule has 1 heterocycles. The molecule has 2 amide bonds. The third-order valence-corrected chi connectivity index (χ3v) is 6.82. The van der Waals surface area contributed by atoms with Crippen LogP contribution in [-0.2, 0) is 22.4 Å². The van der Waals surface area contributed by atoms with Crippen LogP contribution in [0.3, 0.4) is 0 Å². The molecule has 0 unspecified atom stereocenters. The Bertz CT molecular complexity index is 1060. The van der Waals surface area contributed by atoms with Gasteiger partial charge in [0.2, 0.25) is 0 Å². The number of nitrogens with one attached hydrogen (secondary N) is 2. The van der Waals surface area contributed by atoms with Crippen LogP contribution in [0.1, 0.15) is 112 Å². The molecule has 1 aliphatic heterocycles. The lowest BCUT2D eigenvalue weighted by Crippen LogP contribution is -2.12. The molecule has 7 nitrogen and oxygen atoms in total. The van der Waals surface area contributed by atoms with E-state index in [0.717, 1.165) is 31.0 Å². The van der Waals surface area contributed by atoms with Crippen LogP contribution in [0.2, 0.25) is 0 Å². The Kier molecular flexibility index (Phi) is 15.2. The Morgan fingerprint density at radius 2 is 1.33 bits per heavy atom. The molecule has 0 radical (unpaired) electrons. The van der Waals surface area contributed by atoms with E-state index in [1.807, 2.05) is 42.5 Å². The van der Waals surface area contributed by atoms with Gasteiger partial charge in [0.25, 0.3) is 17.6 Å². The summed E-state index contributed by atoms with van der Waals surface area (Å²) in [6, 6.07) is 13.5. The molecule has 39 heavy (non-hydrogen) atoms. The van der Waals surface area contributed by atoms with Crippen LogP contribution in [0, 0.1) is 0 Å². The van der Waals surface area contributed by atoms with Crippen molar-refractivity contribution in [3.05, 3.63) is 59.2 Å². The number of Topliss-reactive ketones (excluding diaryl/α,β-unsaturated/α-hetero) is 1. The lowest BCUT2D eigenvalue weighted by molar-refractivity contribution is -0.112. The van der Waals surface area contributed by atoms with Crippen LogP contribution in [0.25, 0.3) is 0 Å². The minimum atomic E-state index is -0.508. The summed E-state index contributed by atoms with van der Waals surface area (Å²) in [6.07, 6.45) is 18.3. The van der Waals surface area contributed by atoms with E-state index in [2.05, 4.69) is 29.6 Å². The quantitative estimate of drug-likeness (QED) is 0.0672. The zero-order valence-corrected chi connectivity index (χ0v) is 23.6. The number of hydrogen-bond donors (Lipinski definition) is 3. The smallest absolute Gasteiger partial charge is 0.296 e. The molecule has 0 aliphatic carbocycles. The lowest BCUT2D eigenvalue weighted by Gasteiger charge is -2.05. The van der Waals surface area contributed by atoms with E-state index in [9.17, 15) is 14.4 Å². The predicted molar refractivity (Wildman–Crippen MR) is 159 cm³/mol. The summed E-state index contributed by atoms with van der Waals surface area (Å²) in [6.45, 7) is 4.45. The standard InChI is InChI=1S/C16H24N2O2.C16H21NO2/c1-2-3-4-5-6-7-8-14-9-11-15(12-10-14)18-16(19)13-17-20;1-2-3-4-5-6-7-8-12-9-10-14-13(11-12)15(18)16(19)17-14/h9-13,20H,2-8H2,1H3,(H,18,19);9-11H,2-8H2,1H3,(H,17,18,19)/b17-13+;. The van der Waals surface area contributed by atoms with Crippen LogP contribution in [-0.4, -0.2) is 29.0 Å². The van der Waals surface area contributed by atoms with E-state index in [-0.39, 0.29) is 0 Å². The molecule has 2 aromatic rings. The predicted octanol–water partition coefficient (Wildman–Crippen LogP) is 7.71. The van der Waals surface area contributed by atoms with Crippen molar-refractivity contribution in [1.29, 1.82) is 0 Å². The summed E-state index contributed by atoms with van der Waals surface area (Å²) in [7, 11) is 0. The second-order valence-corrected chi connectivity index (χ2v) is 10.1. The zero-order chi connectivity index (χ0) is 28.3. The number of aryl methyl sites for hydroxylation is 2. The first-order chi connectivity index (χ1) is 19.0. The Morgan fingerprint density at radius 3 is 1.92 bits per heavy atom. The van der Waals surface area contributed by atoms with Gasteiger partial charge in [0, 0.05) is 5.69 Å². The molecule has 0 saturated heterocycles. The molecular formula is C32H45N3O4. The maximum absolute atomic E-state index is 11.6. The molecular weight excluding hydrogens is 490 g/mol. The van der Waals surface area contributed by atoms with Crippen LogP contribution in [0.15, 0.2) is 47.6 Å². The van der Waals surface area contributed by atoms with Gasteiger partial charge in [-0.05, 0) is 61.1 Å². The van der Waals surface area contributed by atoms with Crippen molar-refractivity contribution in [2.45, 2.75) is 104 Å². The number of nitrogens with zero attached hydrogens (tertiary/aromatic N) is 1. The molecule has 3 rings (SSSR count). The fourth-order valence-corrected chi connectivity index (χ4v) is 4.55. The number of benzene rings is 2. The molecule has 0 atom stereocenters. The Balaban J connectivity index is 0.000000274. The molecule has 0 saturated carbocycles. The van der Waals surface area contributed by atoms with Crippen molar-refractivity contribution >= 4 is 35.2 Å². The molecule has 0 spiro atoms. The lowest BCUT2D eigenvalue weighted by atomic mass is 10.0. The number of fused-ring (bicyclic) bond motifs is 1. The fraction of sp³-hybridized carbons (Fsp3) is 0.500. The number of rotatable bonds is 16. The van der Waals surface area contributed by atoms with Gasteiger partial charge in [-0.1, -0.05) is 101 Å². The molecule has 2 aromatic carbocycles. The maximum atomic E-state index is 11.6. The second kappa shape index (κ2) is 18.7. The minimum Gasteiger partial charge on any atom is -0.411 e. The van der Waals surface area contributed by atoms with E-state index in [1.54, 1.807) is 0 Å². The SMILES string of the molecule is CCCCCCCCc1ccc(NC(=O)/C=N/O)cc1.CCCCCCCCc1ccc2c(c1)C(=O)C(=O)N2. The first kappa shape index (κ1) is 31.7. The topological polar surface area (TPSA) is 108 Å². The number of ketones is 1. The summed E-state index contributed by atoms with van der Waals surface area (Å²) in [5.41, 5.74) is 4.34. The van der Waals surface area contributed by atoms with Crippen LogP contribution < -0.4 is 10.6 Å². The van der Waals surface area contributed by atoms with E-state index < -0.39 is 17.6 Å². The summed E-state index contributed by atoms with van der Waals surface area (Å²) in [5.74, 6) is -1.34. The van der Waals surface area contributed by atoms with Crippen molar-refractivity contribution < 1.29 is 19.6 Å². The molecule has 3 N–H and O–H groups in total. The van der Waals surface area contributed by atoms with Gasteiger partial charge in [0.05, 0.1) is 11.3 Å². The normalized spacial score (nSPS) is 12.2. The molecule has 212 valence electrons. The van der Waals surface area contributed by atoms with E-state index in [1.165, 1.54) is 76.2 Å². The largest absolute Gasteiger partial charge is 0.411 e. The highest BCUT2D eigenvalue weighted by molar-refractivity contribution is 6.51. The number of hydrogen-bond acceptors (Lipinski definition) is 5. The highest BCUT2D eigenvalue weighted by Crippen LogP contribution is 2.24. The average molecular weight is 536 g/mol. The number of amides is 2.